The lowest BCUT2D eigenvalue weighted by Crippen LogP contribution is -2.59. The molecule has 37 heavy (non-hydrogen) atoms. The highest BCUT2D eigenvalue weighted by Crippen LogP contribution is 2.48. The van der Waals surface area contributed by atoms with Gasteiger partial charge < -0.3 is 19.1 Å². The Kier molecular flexibility index (Phi) is 7.49. The van der Waals surface area contributed by atoms with E-state index in [1.165, 1.54) is 13.2 Å². The number of ether oxygens (including phenoxy) is 3. The molecule has 0 N–H and O–H groups in total. The Hall–Kier alpha value is -2.97. The number of rotatable bonds is 7. The minimum Gasteiger partial charge on any atom is -0.465 e. The van der Waals surface area contributed by atoms with E-state index in [2.05, 4.69) is 16.7 Å². The molecule has 198 valence electrons. The summed E-state index contributed by atoms with van der Waals surface area (Å²) in [7, 11) is 1.25. The summed E-state index contributed by atoms with van der Waals surface area (Å²) in [6, 6.07) is 14.7. The van der Waals surface area contributed by atoms with Gasteiger partial charge in [0.05, 0.1) is 19.3 Å². The molecule has 0 aromatic heterocycles. The van der Waals surface area contributed by atoms with Gasteiger partial charge in [-0.2, -0.15) is 0 Å². The molecule has 5 rings (SSSR count). The van der Waals surface area contributed by atoms with Crippen LogP contribution in [0.1, 0.15) is 48.5 Å². The summed E-state index contributed by atoms with van der Waals surface area (Å²) in [5.74, 6) is -1.24. The monoisotopic (exact) mass is 510 g/mol. The SMILES string of the molecule is COC(=O)c1cc(N2CCN([C@@H]3CC[C@@](C(=O)OCc4ccccc4)(C4CC4)OC3)C[C@@H]2C)ccc1F. The molecule has 2 heterocycles. The number of carbonyl (C=O) groups is 2. The van der Waals surface area contributed by atoms with E-state index in [1.807, 2.05) is 30.3 Å². The summed E-state index contributed by atoms with van der Waals surface area (Å²) in [5.41, 5.74) is 0.910. The minimum atomic E-state index is -0.822. The predicted octanol–water partition coefficient (Wildman–Crippen LogP) is 4.19. The van der Waals surface area contributed by atoms with Crippen LogP contribution in [-0.2, 0) is 25.6 Å². The van der Waals surface area contributed by atoms with Gasteiger partial charge in [-0.05, 0) is 62.3 Å². The van der Waals surface area contributed by atoms with Crippen LogP contribution in [0.2, 0.25) is 0 Å². The molecule has 0 radical (unpaired) electrons. The van der Waals surface area contributed by atoms with Crippen molar-refractivity contribution in [3.63, 3.8) is 0 Å². The topological polar surface area (TPSA) is 68.3 Å². The van der Waals surface area contributed by atoms with Crippen molar-refractivity contribution in [3.05, 3.63) is 65.5 Å². The minimum absolute atomic E-state index is 0.0501. The lowest BCUT2D eigenvalue weighted by Gasteiger charge is -2.47. The van der Waals surface area contributed by atoms with E-state index in [9.17, 15) is 14.0 Å². The number of carbonyl (C=O) groups excluding carboxylic acids is 2. The molecule has 2 aromatic carbocycles. The molecule has 3 aliphatic rings. The number of nitrogens with zero attached hydrogens (tertiary/aromatic N) is 2. The van der Waals surface area contributed by atoms with Gasteiger partial charge in [-0.15, -0.1) is 0 Å². The Balaban J connectivity index is 1.18. The number of hydrogen-bond acceptors (Lipinski definition) is 7. The number of anilines is 1. The zero-order valence-electron chi connectivity index (χ0n) is 21.5. The van der Waals surface area contributed by atoms with Gasteiger partial charge in [0.25, 0.3) is 0 Å². The third-order valence-electron chi connectivity index (χ3n) is 8.04. The van der Waals surface area contributed by atoms with Crippen LogP contribution >= 0.6 is 0 Å². The predicted molar refractivity (Wildman–Crippen MR) is 137 cm³/mol. The fourth-order valence-electron chi connectivity index (χ4n) is 5.77. The highest BCUT2D eigenvalue weighted by atomic mass is 19.1. The van der Waals surface area contributed by atoms with Gasteiger partial charge in [0.1, 0.15) is 12.4 Å². The van der Waals surface area contributed by atoms with Crippen molar-refractivity contribution >= 4 is 17.6 Å². The molecule has 0 unspecified atom stereocenters. The molecular weight excluding hydrogens is 475 g/mol. The fourth-order valence-corrected chi connectivity index (χ4v) is 5.77. The first-order valence-electron chi connectivity index (χ1n) is 13.1. The lowest BCUT2D eigenvalue weighted by atomic mass is 9.86. The van der Waals surface area contributed by atoms with Gasteiger partial charge in [0.2, 0.25) is 0 Å². The van der Waals surface area contributed by atoms with Crippen LogP contribution < -0.4 is 4.90 Å². The summed E-state index contributed by atoms with van der Waals surface area (Å²) in [6.45, 7) is 5.28. The standard InChI is InChI=1S/C29H35FN2O5/c1-20-17-31(14-15-32(20)23-10-11-26(30)25(16-23)27(33)35-2)24-12-13-29(37-19-24,22-8-9-22)28(34)36-18-21-6-4-3-5-7-21/h3-7,10-11,16,20,22,24H,8-9,12-15,17-19H2,1-2H3/t20-,24+,29-/m0/s1. The van der Waals surface area contributed by atoms with Gasteiger partial charge in [0, 0.05) is 37.4 Å². The maximum absolute atomic E-state index is 14.1. The van der Waals surface area contributed by atoms with Crippen molar-refractivity contribution in [2.75, 3.05) is 38.3 Å². The summed E-state index contributed by atoms with van der Waals surface area (Å²) >= 11 is 0. The zero-order valence-corrected chi connectivity index (χ0v) is 21.5. The molecular formula is C29H35FN2O5. The largest absolute Gasteiger partial charge is 0.465 e. The Labute approximate surface area is 217 Å². The molecule has 2 aliphatic heterocycles. The van der Waals surface area contributed by atoms with Crippen LogP contribution in [0.25, 0.3) is 0 Å². The second kappa shape index (κ2) is 10.8. The van der Waals surface area contributed by atoms with Crippen LogP contribution in [0.5, 0.6) is 0 Å². The molecule has 0 amide bonds. The molecule has 7 nitrogen and oxygen atoms in total. The van der Waals surface area contributed by atoms with Gasteiger partial charge in [-0.3, -0.25) is 4.90 Å². The van der Waals surface area contributed by atoms with E-state index < -0.39 is 17.4 Å². The highest BCUT2D eigenvalue weighted by molar-refractivity contribution is 5.90. The van der Waals surface area contributed by atoms with Gasteiger partial charge in [0.15, 0.2) is 5.60 Å². The van der Waals surface area contributed by atoms with Gasteiger partial charge in [-0.25, -0.2) is 14.0 Å². The zero-order chi connectivity index (χ0) is 26.0. The van der Waals surface area contributed by atoms with Crippen molar-refractivity contribution in [1.29, 1.82) is 0 Å². The Morgan fingerprint density at radius 2 is 1.89 bits per heavy atom. The van der Waals surface area contributed by atoms with Crippen LogP contribution in [-0.4, -0.2) is 67.9 Å². The van der Waals surface area contributed by atoms with Crippen LogP contribution in [0.3, 0.4) is 0 Å². The Morgan fingerprint density at radius 3 is 2.54 bits per heavy atom. The van der Waals surface area contributed by atoms with Crippen molar-refractivity contribution in [2.45, 2.75) is 56.9 Å². The van der Waals surface area contributed by atoms with E-state index in [-0.39, 0.29) is 36.1 Å². The van der Waals surface area contributed by atoms with E-state index >= 15 is 0 Å². The van der Waals surface area contributed by atoms with Crippen LogP contribution in [0, 0.1) is 11.7 Å². The molecule has 0 spiro atoms. The van der Waals surface area contributed by atoms with Crippen molar-refractivity contribution in [3.8, 4) is 0 Å². The molecule has 8 heteroatoms. The maximum Gasteiger partial charge on any atom is 0.340 e. The quantitative estimate of drug-likeness (QED) is 0.518. The number of hydrogen-bond donors (Lipinski definition) is 0. The smallest absolute Gasteiger partial charge is 0.340 e. The average Bonchev–Trinajstić information content (AvgIpc) is 3.78. The van der Waals surface area contributed by atoms with Crippen LogP contribution in [0.4, 0.5) is 10.1 Å². The number of halogens is 1. The first-order chi connectivity index (χ1) is 17.9. The lowest BCUT2D eigenvalue weighted by molar-refractivity contribution is -0.190. The highest BCUT2D eigenvalue weighted by Gasteiger charge is 2.55. The molecule has 3 atom stereocenters. The van der Waals surface area contributed by atoms with E-state index in [0.29, 0.717) is 13.0 Å². The first-order valence-corrected chi connectivity index (χ1v) is 13.1. The van der Waals surface area contributed by atoms with E-state index in [0.717, 1.165) is 50.1 Å². The van der Waals surface area contributed by atoms with Gasteiger partial charge in [-0.1, -0.05) is 30.3 Å². The van der Waals surface area contributed by atoms with Crippen molar-refractivity contribution in [2.24, 2.45) is 5.92 Å². The van der Waals surface area contributed by atoms with E-state index in [1.54, 1.807) is 12.1 Å². The van der Waals surface area contributed by atoms with E-state index in [4.69, 9.17) is 14.2 Å². The summed E-state index contributed by atoms with van der Waals surface area (Å²) in [6.07, 6.45) is 3.57. The number of methoxy groups -OCH3 is 1. The number of piperazine rings is 1. The van der Waals surface area contributed by atoms with Gasteiger partial charge >= 0.3 is 11.9 Å². The third kappa shape index (κ3) is 5.36. The molecule has 0 bridgehead atoms. The number of benzene rings is 2. The summed E-state index contributed by atoms with van der Waals surface area (Å²) in [4.78, 5) is 29.8. The van der Waals surface area contributed by atoms with Crippen molar-refractivity contribution in [1.82, 2.24) is 4.90 Å². The maximum atomic E-state index is 14.1. The molecule has 1 saturated carbocycles. The summed E-state index contributed by atoms with van der Waals surface area (Å²) in [5, 5.41) is 0. The molecule has 1 aliphatic carbocycles. The van der Waals surface area contributed by atoms with Crippen molar-refractivity contribution < 1.29 is 28.2 Å². The van der Waals surface area contributed by atoms with Crippen LogP contribution in [0.15, 0.2) is 48.5 Å². The molecule has 2 saturated heterocycles. The molecule has 2 aromatic rings. The first kappa shape index (κ1) is 25.7. The number of esters is 2. The fraction of sp³-hybridized carbons (Fsp3) is 0.517. The molecule has 3 fully saturated rings. The average molecular weight is 511 g/mol. The second-order valence-corrected chi connectivity index (χ2v) is 10.4. The second-order valence-electron chi connectivity index (χ2n) is 10.4. The Morgan fingerprint density at radius 1 is 1.11 bits per heavy atom. The Bertz CT molecular complexity index is 1110. The normalized spacial score (nSPS) is 26.5. The summed E-state index contributed by atoms with van der Waals surface area (Å²) < 4.78 is 31.0. The third-order valence-corrected chi connectivity index (χ3v) is 8.04.